The van der Waals surface area contributed by atoms with E-state index in [1.54, 1.807) is 41.2 Å². The SMILES string of the molecule is OC(C=C=Cn1nnc2ccccc21)(c1ccccc1)c1ccc(Cl)cc1. The Labute approximate surface area is 161 Å². The maximum atomic E-state index is 11.5. The summed E-state index contributed by atoms with van der Waals surface area (Å²) in [4.78, 5) is 0. The number of fused-ring (bicyclic) bond motifs is 1. The molecule has 4 rings (SSSR count). The largest absolute Gasteiger partial charge is 0.376 e. The van der Waals surface area contributed by atoms with Crippen LogP contribution in [0.3, 0.4) is 0 Å². The molecule has 0 spiro atoms. The molecule has 4 aromatic rings. The Hall–Kier alpha value is -3.17. The van der Waals surface area contributed by atoms with Crippen molar-refractivity contribution in [3.63, 3.8) is 0 Å². The van der Waals surface area contributed by atoms with Gasteiger partial charge in [0.25, 0.3) is 0 Å². The topological polar surface area (TPSA) is 50.9 Å². The first-order chi connectivity index (χ1) is 13.2. The summed E-state index contributed by atoms with van der Waals surface area (Å²) in [5.74, 6) is 0. The van der Waals surface area contributed by atoms with Crippen molar-refractivity contribution in [3.8, 4) is 0 Å². The molecule has 132 valence electrons. The van der Waals surface area contributed by atoms with E-state index in [0.717, 1.165) is 16.6 Å². The molecule has 1 atom stereocenters. The van der Waals surface area contributed by atoms with Gasteiger partial charge in [0.1, 0.15) is 11.1 Å². The van der Waals surface area contributed by atoms with Gasteiger partial charge in [0, 0.05) is 5.02 Å². The van der Waals surface area contributed by atoms with E-state index >= 15 is 0 Å². The highest BCUT2D eigenvalue weighted by Crippen LogP contribution is 2.31. The highest BCUT2D eigenvalue weighted by molar-refractivity contribution is 6.30. The maximum Gasteiger partial charge on any atom is 0.141 e. The zero-order valence-electron chi connectivity index (χ0n) is 14.3. The van der Waals surface area contributed by atoms with E-state index in [1.807, 2.05) is 54.6 Å². The quantitative estimate of drug-likeness (QED) is 0.530. The number of rotatable bonds is 4. The summed E-state index contributed by atoms with van der Waals surface area (Å²) in [6, 6.07) is 24.2. The van der Waals surface area contributed by atoms with Crippen molar-refractivity contribution in [1.82, 2.24) is 15.0 Å². The van der Waals surface area contributed by atoms with Gasteiger partial charge < -0.3 is 5.11 Å². The normalized spacial score (nSPS) is 13.0. The van der Waals surface area contributed by atoms with Gasteiger partial charge in [-0.25, -0.2) is 4.68 Å². The molecule has 1 N–H and O–H groups in total. The molecule has 0 fully saturated rings. The number of aromatic nitrogens is 3. The molecule has 1 unspecified atom stereocenters. The van der Waals surface area contributed by atoms with Gasteiger partial charge in [0.2, 0.25) is 0 Å². The van der Waals surface area contributed by atoms with Crippen LogP contribution in [-0.2, 0) is 5.60 Å². The molecule has 1 heterocycles. The van der Waals surface area contributed by atoms with Crippen molar-refractivity contribution in [2.24, 2.45) is 0 Å². The highest BCUT2D eigenvalue weighted by atomic mass is 35.5. The molecule has 0 radical (unpaired) electrons. The minimum Gasteiger partial charge on any atom is -0.376 e. The lowest BCUT2D eigenvalue weighted by Crippen LogP contribution is -2.24. The van der Waals surface area contributed by atoms with Crippen LogP contribution in [0.1, 0.15) is 11.1 Å². The van der Waals surface area contributed by atoms with Crippen molar-refractivity contribution in [1.29, 1.82) is 0 Å². The number of hydrogen-bond acceptors (Lipinski definition) is 3. The fraction of sp³-hybridized carbons (Fsp3) is 0.0455. The van der Waals surface area contributed by atoms with E-state index in [0.29, 0.717) is 10.6 Å². The van der Waals surface area contributed by atoms with Crippen molar-refractivity contribution < 1.29 is 5.11 Å². The van der Waals surface area contributed by atoms with Gasteiger partial charge in [-0.15, -0.1) is 10.8 Å². The zero-order valence-corrected chi connectivity index (χ0v) is 15.1. The summed E-state index contributed by atoms with van der Waals surface area (Å²) in [5, 5.41) is 20.3. The highest BCUT2D eigenvalue weighted by Gasteiger charge is 2.28. The third-order valence-electron chi connectivity index (χ3n) is 4.36. The third-order valence-corrected chi connectivity index (χ3v) is 4.62. The van der Waals surface area contributed by atoms with Gasteiger partial charge in [-0.2, -0.15) is 0 Å². The van der Waals surface area contributed by atoms with Gasteiger partial charge in [0.15, 0.2) is 0 Å². The average Bonchev–Trinajstić information content (AvgIpc) is 3.12. The number of aliphatic hydroxyl groups is 1. The second kappa shape index (κ2) is 7.22. The first-order valence-corrected chi connectivity index (χ1v) is 8.82. The molecule has 0 aliphatic carbocycles. The van der Waals surface area contributed by atoms with E-state index < -0.39 is 5.60 Å². The molecular formula is C22H16ClN3O. The van der Waals surface area contributed by atoms with Crippen LogP contribution >= 0.6 is 11.6 Å². The van der Waals surface area contributed by atoms with Crippen molar-refractivity contribution in [2.75, 3.05) is 0 Å². The van der Waals surface area contributed by atoms with E-state index in [4.69, 9.17) is 11.6 Å². The molecule has 0 saturated carbocycles. The summed E-state index contributed by atoms with van der Waals surface area (Å²) in [7, 11) is 0. The van der Waals surface area contributed by atoms with Crippen molar-refractivity contribution >= 4 is 28.8 Å². The predicted molar refractivity (Wildman–Crippen MR) is 107 cm³/mol. The van der Waals surface area contributed by atoms with Crippen molar-refractivity contribution in [3.05, 3.63) is 107 Å². The fourth-order valence-electron chi connectivity index (χ4n) is 2.94. The molecular weight excluding hydrogens is 358 g/mol. The van der Waals surface area contributed by atoms with Crippen LogP contribution in [0.15, 0.2) is 90.7 Å². The summed E-state index contributed by atoms with van der Waals surface area (Å²) < 4.78 is 1.62. The Morgan fingerprint density at radius 3 is 2.33 bits per heavy atom. The maximum absolute atomic E-state index is 11.5. The number of para-hydroxylation sites is 1. The van der Waals surface area contributed by atoms with Gasteiger partial charge in [-0.1, -0.05) is 71.4 Å². The Balaban J connectivity index is 1.79. The Bertz CT molecular complexity index is 1130. The molecule has 3 aromatic carbocycles. The summed E-state index contributed by atoms with van der Waals surface area (Å²) in [6.45, 7) is 0. The third kappa shape index (κ3) is 3.42. The number of hydrogen-bond donors (Lipinski definition) is 1. The fourth-order valence-corrected chi connectivity index (χ4v) is 3.07. The number of halogens is 1. The average molecular weight is 374 g/mol. The molecule has 0 aliphatic heterocycles. The lowest BCUT2D eigenvalue weighted by Gasteiger charge is -2.25. The lowest BCUT2D eigenvalue weighted by molar-refractivity contribution is 0.135. The summed E-state index contributed by atoms with van der Waals surface area (Å²) in [6.07, 6.45) is 3.27. The second-order valence-electron chi connectivity index (χ2n) is 6.10. The van der Waals surface area contributed by atoms with Crippen LogP contribution in [0.5, 0.6) is 0 Å². The molecule has 0 saturated heterocycles. The minimum absolute atomic E-state index is 0.614. The first kappa shape index (κ1) is 17.3. The van der Waals surface area contributed by atoms with E-state index in [9.17, 15) is 5.11 Å². The number of benzene rings is 3. The van der Waals surface area contributed by atoms with Gasteiger partial charge in [-0.3, -0.25) is 0 Å². The van der Waals surface area contributed by atoms with E-state index in [2.05, 4.69) is 16.0 Å². The monoisotopic (exact) mass is 373 g/mol. The van der Waals surface area contributed by atoms with Gasteiger partial charge >= 0.3 is 0 Å². The standard InChI is InChI=1S/C22H16ClN3O/c23-19-13-11-18(12-14-19)22(27,17-7-2-1-3-8-17)15-6-16-26-21-10-5-4-9-20(21)24-25-26/h1-5,7-16,27H. The Kier molecular flexibility index (Phi) is 4.61. The van der Waals surface area contributed by atoms with Crippen LogP contribution in [0, 0.1) is 0 Å². The van der Waals surface area contributed by atoms with E-state index in [1.165, 1.54) is 0 Å². The molecule has 0 amide bonds. The van der Waals surface area contributed by atoms with Crippen LogP contribution in [-0.4, -0.2) is 20.1 Å². The molecule has 1 aromatic heterocycles. The van der Waals surface area contributed by atoms with Crippen LogP contribution < -0.4 is 0 Å². The first-order valence-electron chi connectivity index (χ1n) is 8.44. The minimum atomic E-state index is -1.35. The predicted octanol–water partition coefficient (Wildman–Crippen LogP) is 4.65. The Morgan fingerprint density at radius 2 is 1.56 bits per heavy atom. The van der Waals surface area contributed by atoms with Crippen LogP contribution in [0.2, 0.25) is 5.02 Å². The summed E-state index contributed by atoms with van der Waals surface area (Å²) >= 11 is 6.00. The second-order valence-corrected chi connectivity index (χ2v) is 6.54. The molecule has 27 heavy (non-hydrogen) atoms. The summed E-state index contributed by atoms with van der Waals surface area (Å²) in [5.41, 5.74) is 4.81. The zero-order chi connectivity index (χ0) is 18.7. The molecule has 4 nitrogen and oxygen atoms in total. The smallest absolute Gasteiger partial charge is 0.141 e. The van der Waals surface area contributed by atoms with Gasteiger partial charge in [-0.05, 0) is 41.5 Å². The van der Waals surface area contributed by atoms with Gasteiger partial charge in [0.05, 0.1) is 11.7 Å². The van der Waals surface area contributed by atoms with E-state index in [-0.39, 0.29) is 0 Å². The molecule has 0 bridgehead atoms. The van der Waals surface area contributed by atoms with Crippen LogP contribution in [0.25, 0.3) is 17.2 Å². The van der Waals surface area contributed by atoms with Crippen molar-refractivity contribution in [2.45, 2.75) is 5.60 Å². The lowest BCUT2D eigenvalue weighted by atomic mass is 9.86. The Morgan fingerprint density at radius 1 is 0.889 bits per heavy atom. The van der Waals surface area contributed by atoms with Crippen LogP contribution in [0.4, 0.5) is 0 Å². The number of nitrogens with zero attached hydrogens (tertiary/aromatic N) is 3. The molecule has 0 aliphatic rings. The molecule has 5 heteroatoms.